The number of fused-ring (bicyclic) bond motifs is 3. The number of nitrogens with one attached hydrogen (secondary N) is 1. The molecule has 2 aliphatic rings. The molecule has 7 heteroatoms. The number of esters is 1. The number of Topliss-reactive ketones (excluding diaryl/α,β-unsaturated/α-hetero) is 1. The number of hydrogen-bond donors (Lipinski definition) is 1. The molecular weight excluding hydrogens is 340 g/mol. The average Bonchev–Trinajstić information content (AvgIpc) is 3.14. The lowest BCUT2D eigenvalue weighted by atomic mass is 9.96. The van der Waals surface area contributed by atoms with Gasteiger partial charge in [0.15, 0.2) is 0 Å². The van der Waals surface area contributed by atoms with E-state index >= 15 is 0 Å². The fourth-order valence-corrected chi connectivity index (χ4v) is 5.16. The van der Waals surface area contributed by atoms with Crippen LogP contribution in [0.3, 0.4) is 0 Å². The van der Waals surface area contributed by atoms with Gasteiger partial charge in [0, 0.05) is 16.7 Å². The fraction of sp³-hybridized carbons (Fsp3) is 0.556. The van der Waals surface area contributed by atoms with Crippen LogP contribution in [0.15, 0.2) is 4.79 Å². The first-order valence-corrected chi connectivity index (χ1v) is 9.60. The number of aromatic nitrogens is 2. The Morgan fingerprint density at radius 2 is 2.12 bits per heavy atom. The topological polar surface area (TPSA) is 89.1 Å². The number of carbonyl (C=O) groups excluding carboxylic acids is 2. The zero-order chi connectivity index (χ0) is 17.7. The number of hydrogen-bond acceptors (Lipinski definition) is 6. The van der Waals surface area contributed by atoms with Crippen LogP contribution in [0.2, 0.25) is 0 Å². The molecule has 6 nitrogen and oxygen atoms in total. The number of rotatable bonds is 5. The highest BCUT2D eigenvalue weighted by Crippen LogP contribution is 2.46. The van der Waals surface area contributed by atoms with Crippen molar-refractivity contribution in [1.29, 1.82) is 0 Å². The van der Waals surface area contributed by atoms with Crippen molar-refractivity contribution >= 4 is 33.3 Å². The molecule has 1 N–H and O–H groups in total. The van der Waals surface area contributed by atoms with E-state index in [-0.39, 0.29) is 29.8 Å². The third kappa shape index (κ3) is 2.70. The molecule has 0 bridgehead atoms. The van der Waals surface area contributed by atoms with Crippen LogP contribution >= 0.6 is 11.3 Å². The maximum atomic E-state index is 12.6. The van der Waals surface area contributed by atoms with Gasteiger partial charge in [-0.15, -0.1) is 11.3 Å². The van der Waals surface area contributed by atoms with Crippen molar-refractivity contribution in [3.63, 3.8) is 0 Å². The van der Waals surface area contributed by atoms with Crippen molar-refractivity contribution in [2.45, 2.75) is 39.5 Å². The first-order chi connectivity index (χ1) is 12.0. The summed E-state index contributed by atoms with van der Waals surface area (Å²) in [5.74, 6) is 0.451. The average molecular weight is 360 g/mol. The molecule has 1 fully saturated rings. The highest BCUT2D eigenvalue weighted by atomic mass is 32.1. The number of carbonyl (C=O) groups is 2. The Morgan fingerprint density at radius 3 is 2.80 bits per heavy atom. The molecule has 0 saturated heterocycles. The van der Waals surface area contributed by atoms with Gasteiger partial charge in [0.2, 0.25) is 5.82 Å². The van der Waals surface area contributed by atoms with E-state index in [0.717, 1.165) is 23.3 Å². The number of ether oxygens (including phenoxy) is 1. The molecule has 0 spiro atoms. The van der Waals surface area contributed by atoms with Crippen LogP contribution in [0.1, 0.15) is 47.7 Å². The van der Waals surface area contributed by atoms with E-state index in [1.807, 2.05) is 0 Å². The van der Waals surface area contributed by atoms with Gasteiger partial charge in [0.1, 0.15) is 10.6 Å². The molecule has 4 rings (SSSR count). The summed E-state index contributed by atoms with van der Waals surface area (Å²) in [5.41, 5.74) is 0.618. The number of H-pyrrole nitrogens is 1. The van der Waals surface area contributed by atoms with Gasteiger partial charge in [-0.25, -0.2) is 9.78 Å². The molecule has 2 heterocycles. The predicted molar refractivity (Wildman–Crippen MR) is 94.0 cm³/mol. The lowest BCUT2D eigenvalue weighted by Gasteiger charge is -2.08. The van der Waals surface area contributed by atoms with E-state index in [1.165, 1.54) is 11.3 Å². The van der Waals surface area contributed by atoms with Gasteiger partial charge in [0.05, 0.1) is 12.0 Å². The number of aromatic amines is 1. The minimum atomic E-state index is -0.623. The molecule has 132 valence electrons. The molecule has 2 aromatic rings. The third-order valence-electron chi connectivity index (χ3n) is 5.31. The van der Waals surface area contributed by atoms with Crippen LogP contribution in [0.4, 0.5) is 0 Å². The highest BCUT2D eigenvalue weighted by molar-refractivity contribution is 7.18. The second-order valence-corrected chi connectivity index (χ2v) is 7.92. The van der Waals surface area contributed by atoms with Crippen molar-refractivity contribution in [2.24, 2.45) is 17.8 Å². The van der Waals surface area contributed by atoms with Gasteiger partial charge in [0.25, 0.3) is 5.56 Å². The third-order valence-corrected chi connectivity index (χ3v) is 6.46. The lowest BCUT2D eigenvalue weighted by Crippen LogP contribution is -2.19. The minimum Gasteiger partial charge on any atom is -0.460 e. The Kier molecular flexibility index (Phi) is 3.98. The minimum absolute atomic E-state index is 0.00340. The van der Waals surface area contributed by atoms with Gasteiger partial charge in [-0.3, -0.25) is 9.59 Å². The van der Waals surface area contributed by atoms with Crippen LogP contribution in [0, 0.1) is 17.8 Å². The zero-order valence-corrected chi connectivity index (χ0v) is 15.1. The summed E-state index contributed by atoms with van der Waals surface area (Å²) in [6, 6.07) is 0. The SMILES string of the molecule is CCOC(=O)c1nc2sc3c(c2c(=O)[nH]1)CC(C(=O)[C@@H]1CC1CC)C3. The zero-order valence-electron chi connectivity index (χ0n) is 14.3. The fourth-order valence-electron chi connectivity index (χ4n) is 3.88. The van der Waals surface area contributed by atoms with Gasteiger partial charge in [-0.05, 0) is 37.7 Å². The standard InChI is InChI=1S/C18H20N2O4S/c1-3-8-5-10(8)14(21)9-6-11-12(7-9)25-17-13(11)16(22)19-15(20-17)18(23)24-4-2/h8-10H,3-7H2,1-2H3,(H,19,20,22)/t8?,9?,10-/m1/s1. The van der Waals surface area contributed by atoms with E-state index in [2.05, 4.69) is 16.9 Å². The molecule has 0 amide bonds. The molecule has 3 atom stereocenters. The Bertz CT molecular complexity index is 929. The van der Waals surface area contributed by atoms with Gasteiger partial charge in [-0.1, -0.05) is 13.3 Å². The quantitative estimate of drug-likeness (QED) is 0.828. The van der Waals surface area contributed by atoms with Crippen LogP contribution in [-0.2, 0) is 22.4 Å². The molecule has 1 saturated carbocycles. The van der Waals surface area contributed by atoms with E-state index in [1.54, 1.807) is 6.92 Å². The number of nitrogens with zero attached hydrogens (tertiary/aromatic N) is 1. The molecule has 2 aliphatic carbocycles. The van der Waals surface area contributed by atoms with Crippen molar-refractivity contribution in [3.05, 3.63) is 26.6 Å². The molecular formula is C18H20N2O4S. The van der Waals surface area contributed by atoms with Crippen molar-refractivity contribution in [1.82, 2.24) is 9.97 Å². The monoisotopic (exact) mass is 360 g/mol. The Hall–Kier alpha value is -2.02. The molecule has 0 radical (unpaired) electrons. The van der Waals surface area contributed by atoms with Crippen LogP contribution in [0.5, 0.6) is 0 Å². The Morgan fingerprint density at radius 1 is 1.32 bits per heavy atom. The maximum absolute atomic E-state index is 12.6. The summed E-state index contributed by atoms with van der Waals surface area (Å²) in [4.78, 5) is 45.3. The lowest BCUT2D eigenvalue weighted by molar-refractivity contribution is -0.124. The van der Waals surface area contributed by atoms with E-state index < -0.39 is 5.97 Å². The summed E-state index contributed by atoms with van der Waals surface area (Å²) in [7, 11) is 0. The molecule has 0 aliphatic heterocycles. The summed E-state index contributed by atoms with van der Waals surface area (Å²) in [6.45, 7) is 4.06. The van der Waals surface area contributed by atoms with Gasteiger partial charge in [-0.2, -0.15) is 0 Å². The maximum Gasteiger partial charge on any atom is 0.374 e. The second kappa shape index (κ2) is 6.05. The Labute approximate surface area is 148 Å². The summed E-state index contributed by atoms with van der Waals surface area (Å²) in [5, 5.41) is 0.534. The highest BCUT2D eigenvalue weighted by Gasteiger charge is 2.45. The largest absolute Gasteiger partial charge is 0.460 e. The van der Waals surface area contributed by atoms with Crippen molar-refractivity contribution in [3.8, 4) is 0 Å². The van der Waals surface area contributed by atoms with Gasteiger partial charge < -0.3 is 9.72 Å². The predicted octanol–water partition coefficient (Wildman–Crippen LogP) is 2.49. The first-order valence-electron chi connectivity index (χ1n) is 8.78. The van der Waals surface area contributed by atoms with Crippen LogP contribution in [0.25, 0.3) is 10.2 Å². The van der Waals surface area contributed by atoms with E-state index in [4.69, 9.17) is 4.74 Å². The van der Waals surface area contributed by atoms with Crippen molar-refractivity contribution < 1.29 is 14.3 Å². The molecule has 25 heavy (non-hydrogen) atoms. The smallest absolute Gasteiger partial charge is 0.374 e. The van der Waals surface area contributed by atoms with Crippen LogP contribution < -0.4 is 5.56 Å². The van der Waals surface area contributed by atoms with Crippen molar-refractivity contribution in [2.75, 3.05) is 6.61 Å². The van der Waals surface area contributed by atoms with Crippen LogP contribution in [-0.4, -0.2) is 28.3 Å². The first kappa shape index (κ1) is 16.4. The Balaban J connectivity index is 1.62. The molecule has 2 aromatic heterocycles. The number of thiophene rings is 1. The summed E-state index contributed by atoms with van der Waals surface area (Å²) < 4.78 is 4.90. The number of ketones is 1. The summed E-state index contributed by atoms with van der Waals surface area (Å²) in [6.07, 6.45) is 3.39. The van der Waals surface area contributed by atoms with E-state index in [0.29, 0.717) is 34.8 Å². The van der Waals surface area contributed by atoms with Gasteiger partial charge >= 0.3 is 5.97 Å². The summed E-state index contributed by atoms with van der Waals surface area (Å²) >= 11 is 1.42. The molecule has 2 unspecified atom stereocenters. The normalized spacial score (nSPS) is 24.3. The van der Waals surface area contributed by atoms with E-state index in [9.17, 15) is 14.4 Å². The second-order valence-electron chi connectivity index (χ2n) is 6.84. The molecule has 0 aromatic carbocycles.